The van der Waals surface area contributed by atoms with Crippen LogP contribution < -0.4 is 10.7 Å². The molecule has 4 nitrogen and oxygen atoms in total. The molecule has 0 bridgehead atoms. The number of rotatable bonds is 7. The molecule has 0 saturated heterocycles. The van der Waals surface area contributed by atoms with Crippen molar-refractivity contribution in [2.75, 3.05) is 11.9 Å². The van der Waals surface area contributed by atoms with Crippen LogP contribution in [0.25, 0.3) is 10.8 Å². The molecule has 3 aromatic rings. The van der Waals surface area contributed by atoms with E-state index in [4.69, 9.17) is 0 Å². The Bertz CT molecular complexity index is 903. The Balaban J connectivity index is 1.53. The maximum absolute atomic E-state index is 12.1. The standard InChI is InChI=1S/C22H23N3O/c1-2-20(14-17-8-4-3-5-9-17)24-25-22(26)16-23-21-13-12-18-10-6-7-11-19(18)15-21/h3-13,15,23H,2,14,16H2,1H3,(H,25,26)/b24-20-. The monoisotopic (exact) mass is 345 g/mol. The van der Waals surface area contributed by atoms with Gasteiger partial charge in [0.15, 0.2) is 0 Å². The van der Waals surface area contributed by atoms with Gasteiger partial charge in [-0.1, -0.05) is 67.6 Å². The van der Waals surface area contributed by atoms with Crippen molar-refractivity contribution in [3.05, 3.63) is 78.4 Å². The van der Waals surface area contributed by atoms with Gasteiger partial charge in [-0.3, -0.25) is 4.79 Å². The Morgan fingerprint density at radius 2 is 1.65 bits per heavy atom. The molecule has 0 spiro atoms. The van der Waals surface area contributed by atoms with Gasteiger partial charge in [0.2, 0.25) is 0 Å². The predicted octanol–water partition coefficient (Wildman–Crippen LogP) is 4.38. The smallest absolute Gasteiger partial charge is 0.259 e. The molecule has 0 aliphatic heterocycles. The first-order chi connectivity index (χ1) is 12.7. The van der Waals surface area contributed by atoms with Crippen molar-refractivity contribution in [1.82, 2.24) is 5.43 Å². The van der Waals surface area contributed by atoms with Crippen LogP contribution in [0.5, 0.6) is 0 Å². The SMILES string of the molecule is CC/C(Cc1ccccc1)=N/NC(=O)CNc1ccc2ccccc2c1. The molecule has 3 aromatic carbocycles. The van der Waals surface area contributed by atoms with Crippen LogP contribution in [0.2, 0.25) is 0 Å². The fourth-order valence-electron chi connectivity index (χ4n) is 2.74. The first kappa shape index (κ1) is 17.7. The van der Waals surface area contributed by atoms with Crippen molar-refractivity contribution in [3.63, 3.8) is 0 Å². The summed E-state index contributed by atoms with van der Waals surface area (Å²) in [5.41, 5.74) is 5.71. The highest BCUT2D eigenvalue weighted by atomic mass is 16.2. The number of hydrogen-bond donors (Lipinski definition) is 2. The summed E-state index contributed by atoms with van der Waals surface area (Å²) < 4.78 is 0. The number of hydrogen-bond acceptors (Lipinski definition) is 3. The fraction of sp³-hybridized carbons (Fsp3) is 0.182. The first-order valence-corrected chi connectivity index (χ1v) is 8.85. The highest BCUT2D eigenvalue weighted by Crippen LogP contribution is 2.18. The van der Waals surface area contributed by atoms with E-state index in [1.807, 2.05) is 55.5 Å². The van der Waals surface area contributed by atoms with Crippen molar-refractivity contribution in [2.45, 2.75) is 19.8 Å². The van der Waals surface area contributed by atoms with E-state index in [1.54, 1.807) is 0 Å². The number of benzene rings is 3. The number of carbonyl (C=O) groups is 1. The largest absolute Gasteiger partial charge is 0.376 e. The van der Waals surface area contributed by atoms with Crippen molar-refractivity contribution < 1.29 is 4.79 Å². The highest BCUT2D eigenvalue weighted by molar-refractivity contribution is 5.89. The molecule has 3 rings (SSSR count). The molecule has 0 radical (unpaired) electrons. The first-order valence-electron chi connectivity index (χ1n) is 8.85. The highest BCUT2D eigenvalue weighted by Gasteiger charge is 2.03. The van der Waals surface area contributed by atoms with Gasteiger partial charge in [-0.05, 0) is 34.9 Å². The van der Waals surface area contributed by atoms with Crippen LogP contribution in [0.4, 0.5) is 5.69 Å². The Hall–Kier alpha value is -3.14. The van der Waals surface area contributed by atoms with Gasteiger partial charge >= 0.3 is 0 Å². The van der Waals surface area contributed by atoms with Crippen LogP contribution >= 0.6 is 0 Å². The number of anilines is 1. The quantitative estimate of drug-likeness (QED) is 0.493. The lowest BCUT2D eigenvalue weighted by Crippen LogP contribution is -2.27. The number of hydrazone groups is 1. The van der Waals surface area contributed by atoms with E-state index in [2.05, 4.69) is 40.1 Å². The normalized spacial score (nSPS) is 11.3. The minimum Gasteiger partial charge on any atom is -0.376 e. The van der Waals surface area contributed by atoms with E-state index < -0.39 is 0 Å². The summed E-state index contributed by atoms with van der Waals surface area (Å²) in [5.74, 6) is -0.155. The maximum atomic E-state index is 12.1. The number of fused-ring (bicyclic) bond motifs is 1. The molecule has 0 saturated carbocycles. The lowest BCUT2D eigenvalue weighted by Gasteiger charge is -2.08. The summed E-state index contributed by atoms with van der Waals surface area (Å²) in [5, 5.41) is 9.75. The minimum atomic E-state index is -0.155. The molecular weight excluding hydrogens is 322 g/mol. The third-order valence-corrected chi connectivity index (χ3v) is 4.20. The van der Waals surface area contributed by atoms with Crippen LogP contribution in [0, 0.1) is 0 Å². The second-order valence-electron chi connectivity index (χ2n) is 6.14. The summed E-state index contributed by atoms with van der Waals surface area (Å²) in [7, 11) is 0. The average molecular weight is 345 g/mol. The van der Waals surface area contributed by atoms with Crippen LogP contribution in [0.3, 0.4) is 0 Å². The molecule has 0 aromatic heterocycles. The second-order valence-corrected chi connectivity index (χ2v) is 6.14. The number of amides is 1. The van der Waals surface area contributed by atoms with Crippen LogP contribution in [-0.4, -0.2) is 18.2 Å². The summed E-state index contributed by atoms with van der Waals surface area (Å²) >= 11 is 0. The maximum Gasteiger partial charge on any atom is 0.259 e. The predicted molar refractivity (Wildman–Crippen MR) is 108 cm³/mol. The zero-order valence-electron chi connectivity index (χ0n) is 14.9. The Labute approximate surface area is 153 Å². The molecule has 0 aliphatic carbocycles. The molecule has 2 N–H and O–H groups in total. The number of nitrogens with one attached hydrogen (secondary N) is 2. The Morgan fingerprint density at radius 3 is 2.42 bits per heavy atom. The van der Waals surface area contributed by atoms with Gasteiger partial charge in [0.25, 0.3) is 5.91 Å². The molecule has 0 fully saturated rings. The number of carbonyl (C=O) groups excluding carboxylic acids is 1. The molecule has 4 heteroatoms. The van der Waals surface area contributed by atoms with Gasteiger partial charge in [-0.2, -0.15) is 5.10 Å². The second kappa shape index (κ2) is 8.81. The Kier molecular flexibility index (Phi) is 5.99. The van der Waals surface area contributed by atoms with Crippen molar-refractivity contribution in [2.24, 2.45) is 5.10 Å². The topological polar surface area (TPSA) is 53.5 Å². The summed E-state index contributed by atoms with van der Waals surface area (Å²) in [6, 6.07) is 24.3. The molecule has 0 heterocycles. The molecule has 26 heavy (non-hydrogen) atoms. The fourth-order valence-corrected chi connectivity index (χ4v) is 2.74. The third kappa shape index (κ3) is 4.93. The van der Waals surface area contributed by atoms with Crippen molar-refractivity contribution >= 4 is 28.1 Å². The van der Waals surface area contributed by atoms with E-state index in [9.17, 15) is 4.79 Å². The van der Waals surface area contributed by atoms with Gasteiger partial charge in [0.05, 0.1) is 6.54 Å². The van der Waals surface area contributed by atoms with Crippen LogP contribution in [-0.2, 0) is 11.2 Å². The Morgan fingerprint density at radius 1 is 0.923 bits per heavy atom. The van der Waals surface area contributed by atoms with E-state index in [0.29, 0.717) is 0 Å². The van der Waals surface area contributed by atoms with Crippen molar-refractivity contribution in [1.29, 1.82) is 0 Å². The van der Waals surface area contributed by atoms with E-state index in [-0.39, 0.29) is 12.5 Å². The van der Waals surface area contributed by atoms with E-state index in [0.717, 1.165) is 29.6 Å². The van der Waals surface area contributed by atoms with Crippen molar-refractivity contribution in [3.8, 4) is 0 Å². The molecule has 0 aliphatic rings. The number of nitrogens with zero attached hydrogens (tertiary/aromatic N) is 1. The van der Waals surface area contributed by atoms with Crippen LogP contribution in [0.15, 0.2) is 77.9 Å². The lowest BCUT2D eigenvalue weighted by atomic mass is 10.1. The average Bonchev–Trinajstić information content (AvgIpc) is 2.70. The van der Waals surface area contributed by atoms with Gasteiger partial charge < -0.3 is 5.32 Å². The molecule has 0 unspecified atom stereocenters. The molecule has 1 amide bonds. The molecule has 0 atom stereocenters. The summed E-state index contributed by atoms with van der Waals surface area (Å²) in [4.78, 5) is 12.1. The lowest BCUT2D eigenvalue weighted by molar-refractivity contribution is -0.119. The van der Waals surface area contributed by atoms with E-state index >= 15 is 0 Å². The zero-order chi connectivity index (χ0) is 18.2. The summed E-state index contributed by atoms with van der Waals surface area (Å²) in [6.45, 7) is 2.23. The third-order valence-electron chi connectivity index (χ3n) is 4.20. The molecule has 132 valence electrons. The minimum absolute atomic E-state index is 0.155. The van der Waals surface area contributed by atoms with Gasteiger partial charge in [0, 0.05) is 17.8 Å². The van der Waals surface area contributed by atoms with Crippen LogP contribution in [0.1, 0.15) is 18.9 Å². The molecular formula is C22H23N3O. The summed E-state index contributed by atoms with van der Waals surface area (Å²) in [6.07, 6.45) is 1.54. The van der Waals surface area contributed by atoms with Gasteiger partial charge in [-0.25, -0.2) is 5.43 Å². The van der Waals surface area contributed by atoms with Gasteiger partial charge in [-0.15, -0.1) is 0 Å². The zero-order valence-corrected chi connectivity index (χ0v) is 14.9. The van der Waals surface area contributed by atoms with E-state index in [1.165, 1.54) is 10.9 Å². The van der Waals surface area contributed by atoms with Gasteiger partial charge in [0.1, 0.15) is 0 Å².